The van der Waals surface area contributed by atoms with Gasteiger partial charge in [-0.05, 0) is 36.4 Å². The molecule has 128 valence electrons. The van der Waals surface area contributed by atoms with Crippen LogP contribution in [0, 0.1) is 10.1 Å². The molecule has 0 aliphatic carbocycles. The zero-order valence-corrected chi connectivity index (χ0v) is 14.7. The first-order chi connectivity index (χ1) is 12.6. The van der Waals surface area contributed by atoms with Gasteiger partial charge in [0.25, 0.3) is 0 Å². The third-order valence-corrected chi connectivity index (χ3v) is 4.19. The molecule has 4 rings (SSSR count). The summed E-state index contributed by atoms with van der Waals surface area (Å²) in [7, 11) is 0. The highest BCUT2D eigenvalue weighted by Crippen LogP contribution is 2.34. The first kappa shape index (κ1) is 16.2. The van der Waals surface area contributed by atoms with Crippen LogP contribution in [0.25, 0.3) is 16.9 Å². The van der Waals surface area contributed by atoms with Crippen LogP contribution in [0.5, 0.6) is 11.6 Å². The van der Waals surface area contributed by atoms with Crippen LogP contribution >= 0.6 is 15.9 Å². The van der Waals surface area contributed by atoms with E-state index in [1.807, 2.05) is 24.3 Å². The van der Waals surface area contributed by atoms with E-state index in [0.29, 0.717) is 16.8 Å². The molecule has 0 atom stereocenters. The van der Waals surface area contributed by atoms with Crippen molar-refractivity contribution in [2.45, 2.75) is 0 Å². The van der Waals surface area contributed by atoms with Gasteiger partial charge in [0.05, 0.1) is 16.0 Å². The first-order valence-electron chi connectivity index (χ1n) is 7.49. The molecule has 0 N–H and O–H groups in total. The summed E-state index contributed by atoms with van der Waals surface area (Å²) in [6, 6.07) is 14.2. The molecule has 26 heavy (non-hydrogen) atoms. The number of hydrogen-bond donors (Lipinski definition) is 0. The Morgan fingerprint density at radius 2 is 1.81 bits per heavy atom. The molecule has 0 aliphatic heterocycles. The summed E-state index contributed by atoms with van der Waals surface area (Å²) in [4.78, 5) is 23.5. The number of benzene rings is 2. The molecular formula is C17H10BrN5O3. The van der Waals surface area contributed by atoms with Crippen LogP contribution in [-0.4, -0.2) is 24.4 Å². The maximum atomic E-state index is 11.7. The van der Waals surface area contributed by atoms with Crippen molar-refractivity contribution in [2.75, 3.05) is 0 Å². The molecule has 0 saturated heterocycles. The standard InChI is InChI=1S/C17H10BrN5O3/c18-11-5-7-12(8-6-11)26-17-15(23(24)25)16(19-9-20-17)22-10-21-13-3-1-2-4-14(13)22/h1-10H. The van der Waals surface area contributed by atoms with E-state index in [2.05, 4.69) is 30.9 Å². The second kappa shape index (κ2) is 6.52. The van der Waals surface area contributed by atoms with Gasteiger partial charge in [-0.2, -0.15) is 4.98 Å². The number of para-hydroxylation sites is 2. The summed E-state index contributed by atoms with van der Waals surface area (Å²) in [5.74, 6) is 0.377. The second-order valence-corrected chi connectivity index (χ2v) is 6.18. The number of imidazole rings is 1. The van der Waals surface area contributed by atoms with Crippen LogP contribution < -0.4 is 4.74 Å². The maximum Gasteiger partial charge on any atom is 0.374 e. The van der Waals surface area contributed by atoms with Crippen molar-refractivity contribution in [2.24, 2.45) is 0 Å². The highest BCUT2D eigenvalue weighted by molar-refractivity contribution is 9.10. The molecule has 2 aromatic carbocycles. The predicted octanol–water partition coefficient (Wildman–Crippen LogP) is 4.28. The van der Waals surface area contributed by atoms with Crippen LogP contribution in [0.3, 0.4) is 0 Å². The lowest BCUT2D eigenvalue weighted by atomic mass is 10.3. The van der Waals surface area contributed by atoms with Crippen LogP contribution in [0.1, 0.15) is 0 Å². The number of hydrogen-bond acceptors (Lipinski definition) is 6. The Morgan fingerprint density at radius 1 is 1.04 bits per heavy atom. The summed E-state index contributed by atoms with van der Waals surface area (Å²) in [6.07, 6.45) is 2.72. The van der Waals surface area contributed by atoms with Crippen molar-refractivity contribution in [3.8, 4) is 17.4 Å². The summed E-state index contributed by atoms with van der Waals surface area (Å²) in [5.41, 5.74) is 1.07. The van der Waals surface area contributed by atoms with E-state index in [0.717, 1.165) is 4.47 Å². The number of halogens is 1. The number of rotatable bonds is 4. The van der Waals surface area contributed by atoms with Crippen molar-refractivity contribution >= 4 is 32.7 Å². The first-order valence-corrected chi connectivity index (χ1v) is 8.28. The van der Waals surface area contributed by atoms with Gasteiger partial charge < -0.3 is 4.74 Å². The molecule has 0 radical (unpaired) electrons. The van der Waals surface area contributed by atoms with Gasteiger partial charge in [0.15, 0.2) is 0 Å². The second-order valence-electron chi connectivity index (χ2n) is 5.27. The van der Waals surface area contributed by atoms with Gasteiger partial charge in [0.1, 0.15) is 18.4 Å². The van der Waals surface area contributed by atoms with E-state index in [9.17, 15) is 10.1 Å². The molecule has 2 heterocycles. The lowest BCUT2D eigenvalue weighted by Crippen LogP contribution is -2.05. The minimum absolute atomic E-state index is 0.0887. The van der Waals surface area contributed by atoms with E-state index in [4.69, 9.17) is 4.74 Å². The van der Waals surface area contributed by atoms with Crippen molar-refractivity contribution < 1.29 is 9.66 Å². The number of fused-ring (bicyclic) bond motifs is 1. The minimum atomic E-state index is -0.557. The Balaban J connectivity index is 1.86. The molecule has 0 saturated carbocycles. The van der Waals surface area contributed by atoms with Gasteiger partial charge in [0.2, 0.25) is 5.82 Å². The molecule has 0 unspecified atom stereocenters. The highest BCUT2D eigenvalue weighted by Gasteiger charge is 2.27. The molecule has 0 spiro atoms. The minimum Gasteiger partial charge on any atom is -0.434 e. The van der Waals surface area contributed by atoms with E-state index in [1.54, 1.807) is 28.8 Å². The average Bonchev–Trinajstić information content (AvgIpc) is 3.07. The monoisotopic (exact) mass is 411 g/mol. The lowest BCUT2D eigenvalue weighted by molar-refractivity contribution is -0.386. The van der Waals surface area contributed by atoms with E-state index in [1.165, 1.54) is 12.7 Å². The smallest absolute Gasteiger partial charge is 0.374 e. The average molecular weight is 412 g/mol. The zero-order chi connectivity index (χ0) is 18.1. The number of nitrogens with zero attached hydrogens (tertiary/aromatic N) is 5. The van der Waals surface area contributed by atoms with E-state index >= 15 is 0 Å². The molecule has 9 heteroatoms. The molecular weight excluding hydrogens is 402 g/mol. The fourth-order valence-electron chi connectivity index (χ4n) is 2.51. The number of aromatic nitrogens is 4. The summed E-state index contributed by atoms with van der Waals surface area (Å²) < 4.78 is 8.04. The molecule has 2 aromatic heterocycles. The van der Waals surface area contributed by atoms with Gasteiger partial charge in [-0.1, -0.05) is 28.1 Å². The predicted molar refractivity (Wildman–Crippen MR) is 97.5 cm³/mol. The Kier molecular flexibility index (Phi) is 4.05. The summed E-state index contributed by atoms with van der Waals surface area (Å²) >= 11 is 3.33. The van der Waals surface area contributed by atoms with Crippen molar-refractivity contribution in [1.82, 2.24) is 19.5 Å². The van der Waals surface area contributed by atoms with Crippen LogP contribution in [-0.2, 0) is 0 Å². The van der Waals surface area contributed by atoms with Gasteiger partial charge in [0, 0.05) is 4.47 Å². The Labute approximate surface area is 155 Å². The Bertz CT molecular complexity index is 1110. The Hall–Kier alpha value is -3.33. The van der Waals surface area contributed by atoms with E-state index in [-0.39, 0.29) is 17.4 Å². The number of ether oxygens (including phenoxy) is 1. The van der Waals surface area contributed by atoms with Crippen LogP contribution in [0.15, 0.2) is 65.7 Å². The quantitative estimate of drug-likeness (QED) is 0.367. The van der Waals surface area contributed by atoms with Gasteiger partial charge in [-0.3, -0.25) is 14.7 Å². The number of nitro groups is 1. The lowest BCUT2D eigenvalue weighted by Gasteiger charge is -2.08. The highest BCUT2D eigenvalue weighted by atomic mass is 79.9. The molecule has 4 aromatic rings. The van der Waals surface area contributed by atoms with Crippen molar-refractivity contribution in [3.05, 3.63) is 75.8 Å². The topological polar surface area (TPSA) is 96.0 Å². The zero-order valence-electron chi connectivity index (χ0n) is 13.1. The van der Waals surface area contributed by atoms with Crippen LogP contribution in [0.2, 0.25) is 0 Å². The fraction of sp³-hybridized carbons (Fsp3) is 0. The van der Waals surface area contributed by atoms with E-state index < -0.39 is 4.92 Å². The van der Waals surface area contributed by atoms with Crippen molar-refractivity contribution in [1.29, 1.82) is 0 Å². The van der Waals surface area contributed by atoms with Gasteiger partial charge >= 0.3 is 11.6 Å². The molecule has 0 fully saturated rings. The summed E-state index contributed by atoms with van der Waals surface area (Å²) in [5, 5.41) is 11.7. The van der Waals surface area contributed by atoms with Crippen molar-refractivity contribution in [3.63, 3.8) is 0 Å². The van der Waals surface area contributed by atoms with Gasteiger partial charge in [-0.25, -0.2) is 9.97 Å². The Morgan fingerprint density at radius 3 is 2.58 bits per heavy atom. The van der Waals surface area contributed by atoms with Crippen LogP contribution in [0.4, 0.5) is 5.69 Å². The maximum absolute atomic E-state index is 11.7. The summed E-state index contributed by atoms with van der Waals surface area (Å²) in [6.45, 7) is 0. The molecule has 0 amide bonds. The SMILES string of the molecule is O=[N+]([O-])c1c(Oc2ccc(Br)cc2)ncnc1-n1cnc2ccccc21. The fourth-order valence-corrected chi connectivity index (χ4v) is 2.77. The molecule has 8 nitrogen and oxygen atoms in total. The third kappa shape index (κ3) is 2.88. The third-order valence-electron chi connectivity index (χ3n) is 3.66. The molecule has 0 bridgehead atoms. The van der Waals surface area contributed by atoms with Gasteiger partial charge in [-0.15, -0.1) is 0 Å². The normalized spacial score (nSPS) is 10.8. The largest absolute Gasteiger partial charge is 0.434 e. The molecule has 0 aliphatic rings.